The molecular weight excluding hydrogens is 470 g/mol. The molecule has 0 spiro atoms. The predicted molar refractivity (Wildman–Crippen MR) is 126 cm³/mol. The molecule has 0 saturated carbocycles. The summed E-state index contributed by atoms with van der Waals surface area (Å²) in [5.41, 5.74) is 3.66. The Kier molecular flexibility index (Phi) is 6.30. The lowest BCUT2D eigenvalue weighted by molar-refractivity contribution is -0.133. The van der Waals surface area contributed by atoms with Crippen molar-refractivity contribution in [2.45, 2.75) is 0 Å². The summed E-state index contributed by atoms with van der Waals surface area (Å²) in [6.45, 7) is 0. The molecule has 0 aliphatic carbocycles. The summed E-state index contributed by atoms with van der Waals surface area (Å²) in [5, 5.41) is 6.59. The Morgan fingerprint density at radius 3 is 2.03 bits per heavy atom. The summed E-state index contributed by atoms with van der Waals surface area (Å²) in [4.78, 5) is 37.9. The molecule has 4 aromatic rings. The van der Waals surface area contributed by atoms with Crippen molar-refractivity contribution < 1.29 is 18.8 Å². The van der Waals surface area contributed by atoms with Crippen LogP contribution in [0.15, 0.2) is 72.8 Å². The lowest BCUT2D eigenvalue weighted by Gasteiger charge is -2.13. The van der Waals surface area contributed by atoms with Gasteiger partial charge in [0.15, 0.2) is 0 Å². The highest BCUT2D eigenvalue weighted by molar-refractivity contribution is 6.42. The van der Waals surface area contributed by atoms with Gasteiger partial charge in [-0.3, -0.25) is 19.8 Å². The average molecular weight is 485 g/mol. The van der Waals surface area contributed by atoms with E-state index in [9.17, 15) is 18.8 Å². The molecule has 0 fully saturated rings. The summed E-state index contributed by atoms with van der Waals surface area (Å²) < 4.78 is 14.3. The van der Waals surface area contributed by atoms with Crippen molar-refractivity contribution in [2.75, 3.05) is 16.1 Å². The number of rotatable bonds is 4. The largest absolute Gasteiger partial charge is 0.328 e. The van der Waals surface area contributed by atoms with Gasteiger partial charge in [0.1, 0.15) is 11.5 Å². The monoisotopic (exact) mass is 484 g/mol. The molecule has 7 nitrogen and oxygen atoms in total. The molecule has 0 unspecified atom stereocenters. The van der Waals surface area contributed by atoms with Crippen LogP contribution in [0.25, 0.3) is 10.9 Å². The van der Waals surface area contributed by atoms with E-state index in [1.54, 1.807) is 42.5 Å². The highest BCUT2D eigenvalue weighted by atomic mass is 35.5. The highest BCUT2D eigenvalue weighted by Crippen LogP contribution is 2.24. The molecule has 0 aliphatic heterocycles. The molecule has 10 heteroatoms. The van der Waals surface area contributed by atoms with Gasteiger partial charge in [0.05, 0.1) is 5.52 Å². The van der Waals surface area contributed by atoms with Crippen LogP contribution in [-0.4, -0.2) is 22.4 Å². The van der Waals surface area contributed by atoms with E-state index in [0.717, 1.165) is 12.1 Å². The number of carbonyl (C=O) groups is 3. The summed E-state index contributed by atoms with van der Waals surface area (Å²) in [6, 6.07) is 17.8. The van der Waals surface area contributed by atoms with Crippen LogP contribution < -0.4 is 16.1 Å². The van der Waals surface area contributed by atoms with Crippen molar-refractivity contribution in [2.24, 2.45) is 0 Å². The number of amides is 3. The van der Waals surface area contributed by atoms with Crippen LogP contribution >= 0.6 is 23.2 Å². The number of hydrogen-bond acceptors (Lipinski definition) is 3. The third-order valence-electron chi connectivity index (χ3n) is 4.62. The van der Waals surface area contributed by atoms with Gasteiger partial charge in [-0.25, -0.2) is 9.07 Å². The number of nitrogens with zero attached hydrogens (tertiary/aromatic N) is 1. The van der Waals surface area contributed by atoms with E-state index in [1.165, 1.54) is 22.9 Å². The predicted octanol–water partition coefficient (Wildman–Crippen LogP) is 5.05. The second-order valence-corrected chi connectivity index (χ2v) is 7.80. The maximum atomic E-state index is 13.1. The maximum Gasteiger partial charge on any atom is 0.328 e. The fourth-order valence-electron chi connectivity index (χ4n) is 3.08. The van der Waals surface area contributed by atoms with E-state index in [4.69, 9.17) is 23.2 Å². The molecule has 1 heterocycles. The number of halogens is 3. The molecule has 166 valence electrons. The SMILES string of the molecule is O=C(Nc1ccc(F)cc1)C(=O)Nn1c(C(=O)Nc2ccc(Cl)cc2)cc2cc(Cl)ccc21. The van der Waals surface area contributed by atoms with Crippen molar-refractivity contribution in [1.82, 2.24) is 4.68 Å². The number of anilines is 2. The number of fused-ring (bicyclic) bond motifs is 1. The molecule has 3 N–H and O–H groups in total. The topological polar surface area (TPSA) is 92.2 Å². The Hall–Kier alpha value is -3.88. The fourth-order valence-corrected chi connectivity index (χ4v) is 3.38. The lowest BCUT2D eigenvalue weighted by Crippen LogP contribution is -2.36. The molecule has 1 aromatic heterocycles. The van der Waals surface area contributed by atoms with Crippen molar-refractivity contribution in [3.63, 3.8) is 0 Å². The van der Waals surface area contributed by atoms with Gasteiger partial charge in [-0.15, -0.1) is 0 Å². The van der Waals surface area contributed by atoms with E-state index in [-0.39, 0.29) is 11.4 Å². The van der Waals surface area contributed by atoms with E-state index in [0.29, 0.717) is 26.6 Å². The molecule has 0 aliphatic rings. The minimum absolute atomic E-state index is 0.0603. The zero-order valence-corrected chi connectivity index (χ0v) is 18.2. The van der Waals surface area contributed by atoms with Crippen molar-refractivity contribution in [3.8, 4) is 0 Å². The van der Waals surface area contributed by atoms with Crippen molar-refractivity contribution in [3.05, 3.63) is 94.4 Å². The summed E-state index contributed by atoms with van der Waals surface area (Å²) in [7, 11) is 0. The normalized spacial score (nSPS) is 10.6. The van der Waals surface area contributed by atoms with E-state index < -0.39 is 23.5 Å². The van der Waals surface area contributed by atoms with Gasteiger partial charge in [-0.2, -0.15) is 0 Å². The fraction of sp³-hybridized carbons (Fsp3) is 0. The van der Waals surface area contributed by atoms with Crippen molar-refractivity contribution >= 4 is 63.2 Å². The molecular formula is C23H15Cl2FN4O3. The number of benzene rings is 3. The van der Waals surface area contributed by atoms with Gasteiger partial charge in [0.25, 0.3) is 5.91 Å². The van der Waals surface area contributed by atoms with Crippen LogP contribution in [-0.2, 0) is 9.59 Å². The van der Waals surface area contributed by atoms with Crippen LogP contribution in [0.3, 0.4) is 0 Å². The summed E-state index contributed by atoms with van der Waals surface area (Å²) in [5.74, 6) is -3.05. The Balaban J connectivity index is 1.61. The van der Waals surface area contributed by atoms with Crippen LogP contribution in [0.5, 0.6) is 0 Å². The maximum absolute atomic E-state index is 13.1. The van der Waals surface area contributed by atoms with E-state index in [1.807, 2.05) is 0 Å². The number of carbonyl (C=O) groups excluding carboxylic acids is 3. The first-order valence-electron chi connectivity index (χ1n) is 9.56. The average Bonchev–Trinajstić information content (AvgIpc) is 3.14. The van der Waals surface area contributed by atoms with E-state index in [2.05, 4.69) is 16.1 Å². The molecule has 3 amide bonds. The Morgan fingerprint density at radius 2 is 1.33 bits per heavy atom. The second kappa shape index (κ2) is 9.32. The third kappa shape index (κ3) is 5.14. The quantitative estimate of drug-likeness (QED) is 0.354. The molecule has 33 heavy (non-hydrogen) atoms. The first kappa shape index (κ1) is 22.3. The molecule has 3 aromatic carbocycles. The zero-order valence-electron chi connectivity index (χ0n) is 16.7. The lowest BCUT2D eigenvalue weighted by atomic mass is 10.2. The molecule has 0 radical (unpaired) electrons. The first-order valence-corrected chi connectivity index (χ1v) is 10.3. The standard InChI is InChI=1S/C23H15Cl2FN4O3/c24-14-1-6-17(7-2-14)27-21(31)20-12-13-11-15(25)3-10-19(13)30(20)29-23(33)22(32)28-18-8-4-16(26)5-9-18/h1-12H,(H,27,31)(H,28,32)(H,29,33). The number of nitrogens with one attached hydrogen (secondary N) is 3. The number of hydrogen-bond donors (Lipinski definition) is 3. The molecule has 4 rings (SSSR count). The summed E-state index contributed by atoms with van der Waals surface area (Å²) >= 11 is 11.9. The van der Waals surface area contributed by atoms with Crippen LogP contribution in [0.1, 0.15) is 10.5 Å². The Bertz CT molecular complexity index is 1370. The van der Waals surface area contributed by atoms with Gasteiger partial charge in [-0.05, 0) is 72.8 Å². The Labute approximate surface area is 197 Å². The van der Waals surface area contributed by atoms with E-state index >= 15 is 0 Å². The van der Waals surface area contributed by atoms with Gasteiger partial charge in [0.2, 0.25) is 0 Å². The highest BCUT2D eigenvalue weighted by Gasteiger charge is 2.21. The third-order valence-corrected chi connectivity index (χ3v) is 5.11. The molecule has 0 bridgehead atoms. The van der Waals surface area contributed by atoms with Gasteiger partial charge < -0.3 is 10.6 Å². The Morgan fingerprint density at radius 1 is 0.727 bits per heavy atom. The minimum Gasteiger partial charge on any atom is -0.321 e. The zero-order chi connectivity index (χ0) is 23.5. The van der Waals surface area contributed by atoms with Crippen LogP contribution in [0.2, 0.25) is 10.0 Å². The number of aromatic nitrogens is 1. The minimum atomic E-state index is -1.03. The second-order valence-electron chi connectivity index (χ2n) is 6.93. The smallest absolute Gasteiger partial charge is 0.321 e. The molecule has 0 atom stereocenters. The van der Waals surface area contributed by atoms with Gasteiger partial charge in [0, 0.05) is 26.8 Å². The first-order chi connectivity index (χ1) is 15.8. The van der Waals surface area contributed by atoms with Crippen LogP contribution in [0.4, 0.5) is 15.8 Å². The van der Waals surface area contributed by atoms with Crippen molar-refractivity contribution in [1.29, 1.82) is 0 Å². The van der Waals surface area contributed by atoms with Gasteiger partial charge >= 0.3 is 11.8 Å². The van der Waals surface area contributed by atoms with Gasteiger partial charge in [-0.1, -0.05) is 23.2 Å². The van der Waals surface area contributed by atoms with Crippen LogP contribution in [0, 0.1) is 5.82 Å². The summed E-state index contributed by atoms with van der Waals surface area (Å²) in [6.07, 6.45) is 0. The molecule has 0 saturated heterocycles.